The third-order valence-corrected chi connectivity index (χ3v) is 5.18. The highest BCUT2D eigenvalue weighted by Gasteiger charge is 2.24. The van der Waals surface area contributed by atoms with Crippen LogP contribution < -0.4 is 10.1 Å². The van der Waals surface area contributed by atoms with Crippen molar-refractivity contribution in [1.82, 2.24) is 9.97 Å². The van der Waals surface area contributed by atoms with Gasteiger partial charge in [-0.3, -0.25) is 0 Å². The molecule has 2 unspecified atom stereocenters. The van der Waals surface area contributed by atoms with Crippen molar-refractivity contribution in [2.75, 3.05) is 18.5 Å². The van der Waals surface area contributed by atoms with Gasteiger partial charge in [0.1, 0.15) is 11.6 Å². The molecule has 1 saturated carbocycles. The minimum Gasteiger partial charge on any atom is -0.494 e. The van der Waals surface area contributed by atoms with Crippen LogP contribution in [0.2, 0.25) is 0 Å². The summed E-state index contributed by atoms with van der Waals surface area (Å²) in [6.45, 7) is 1.42. The van der Waals surface area contributed by atoms with Crippen molar-refractivity contribution < 1.29 is 13.9 Å². The Bertz CT molecular complexity index is 771. The van der Waals surface area contributed by atoms with Gasteiger partial charge in [-0.2, -0.15) is 0 Å². The lowest BCUT2D eigenvalue weighted by atomic mass is 9.93. The van der Waals surface area contributed by atoms with Crippen LogP contribution in [0.25, 0.3) is 0 Å². The van der Waals surface area contributed by atoms with Crippen molar-refractivity contribution in [3.63, 3.8) is 0 Å². The molecule has 27 heavy (non-hydrogen) atoms. The highest BCUT2D eigenvalue weighted by atomic mass is 19.1. The van der Waals surface area contributed by atoms with Gasteiger partial charge < -0.3 is 14.8 Å². The zero-order chi connectivity index (χ0) is 18.5. The summed E-state index contributed by atoms with van der Waals surface area (Å²) in [6.07, 6.45) is 8.02. The molecule has 1 aliphatic heterocycles. The summed E-state index contributed by atoms with van der Waals surface area (Å²) in [4.78, 5) is 8.61. The third kappa shape index (κ3) is 4.95. The van der Waals surface area contributed by atoms with Gasteiger partial charge in [-0.25, -0.2) is 14.4 Å². The normalized spacial score (nSPS) is 23.6. The molecule has 1 aromatic heterocycles. The van der Waals surface area contributed by atoms with Crippen LogP contribution in [0, 0.1) is 5.82 Å². The summed E-state index contributed by atoms with van der Waals surface area (Å²) < 4.78 is 26.2. The van der Waals surface area contributed by atoms with Gasteiger partial charge in [0.15, 0.2) is 11.6 Å². The number of rotatable bonds is 0. The molecule has 6 bridgehead atoms. The van der Waals surface area contributed by atoms with E-state index < -0.39 is 5.82 Å². The van der Waals surface area contributed by atoms with Crippen LogP contribution in [-0.4, -0.2) is 35.3 Å². The predicted octanol–water partition coefficient (Wildman–Crippen LogP) is 4.12. The molecule has 1 N–H and O–H groups in total. The molecule has 0 amide bonds. The number of nitrogens with one attached hydrogen (secondary N) is 1. The van der Waals surface area contributed by atoms with Gasteiger partial charge in [0.2, 0.25) is 0 Å². The zero-order valence-electron chi connectivity index (χ0n) is 15.5. The van der Waals surface area contributed by atoms with E-state index in [1.165, 1.54) is 6.20 Å². The fourth-order valence-electron chi connectivity index (χ4n) is 3.78. The average Bonchev–Trinajstić information content (AvgIpc) is 2.67. The second kappa shape index (κ2) is 8.65. The Morgan fingerprint density at radius 1 is 1.11 bits per heavy atom. The van der Waals surface area contributed by atoms with E-state index in [4.69, 9.17) is 9.47 Å². The lowest BCUT2D eigenvalue weighted by molar-refractivity contribution is 0.0223. The molecule has 6 heteroatoms. The summed E-state index contributed by atoms with van der Waals surface area (Å²) in [7, 11) is 0. The summed E-state index contributed by atoms with van der Waals surface area (Å²) in [5.74, 6) is 1.33. The Labute approximate surface area is 159 Å². The van der Waals surface area contributed by atoms with Gasteiger partial charge >= 0.3 is 0 Å². The van der Waals surface area contributed by atoms with E-state index in [1.807, 2.05) is 24.3 Å². The molecule has 0 spiro atoms. The molecule has 4 rings (SSSR count). The van der Waals surface area contributed by atoms with Gasteiger partial charge in [-0.05, 0) is 56.2 Å². The van der Waals surface area contributed by atoms with Crippen LogP contribution in [0.1, 0.15) is 49.9 Å². The second-order valence-electron chi connectivity index (χ2n) is 7.36. The Morgan fingerprint density at radius 2 is 2.04 bits per heavy atom. The first-order chi connectivity index (χ1) is 13.3. The van der Waals surface area contributed by atoms with Gasteiger partial charge in [0, 0.05) is 19.1 Å². The van der Waals surface area contributed by atoms with E-state index in [2.05, 4.69) is 15.3 Å². The molecular formula is C21H26FN3O2. The van der Waals surface area contributed by atoms with Gasteiger partial charge in [0.05, 0.1) is 18.9 Å². The largest absolute Gasteiger partial charge is 0.494 e. The number of halogens is 1. The topological polar surface area (TPSA) is 56.3 Å². The van der Waals surface area contributed by atoms with Gasteiger partial charge in [-0.15, -0.1) is 0 Å². The quantitative estimate of drug-likeness (QED) is 0.755. The molecule has 144 valence electrons. The van der Waals surface area contributed by atoms with E-state index >= 15 is 0 Å². The molecule has 1 aliphatic carbocycles. The standard InChI is InChI=1S/C21H26FN3O2/c22-19-14-23-20-12-15-5-3-7-17(11-15)26-9-1-2-10-27-18-8-4-6-16(13-18)24-21(19)25-20/h3,5,7,11,14,16,18H,1-2,4,6,8-10,12-13H2,(H,23,24,25). The predicted molar refractivity (Wildman–Crippen MR) is 102 cm³/mol. The maximum Gasteiger partial charge on any atom is 0.183 e. The first-order valence-corrected chi connectivity index (χ1v) is 9.87. The lowest BCUT2D eigenvalue weighted by Crippen LogP contribution is -2.32. The van der Waals surface area contributed by atoms with Crippen molar-refractivity contribution in [3.05, 3.63) is 47.7 Å². The van der Waals surface area contributed by atoms with Crippen molar-refractivity contribution in [1.29, 1.82) is 0 Å². The van der Waals surface area contributed by atoms with Crippen LogP contribution in [0.3, 0.4) is 0 Å². The average molecular weight is 371 g/mol. The molecule has 2 heterocycles. The molecule has 2 aromatic rings. The SMILES string of the molecule is Fc1cnc2nc1NC1CCCC(C1)OCCCCOc1cccc(c1)C2. The molecule has 0 saturated heterocycles. The Balaban J connectivity index is 1.57. The van der Waals surface area contributed by atoms with E-state index in [9.17, 15) is 4.39 Å². The Morgan fingerprint density at radius 3 is 3.00 bits per heavy atom. The molecule has 2 aliphatic rings. The third-order valence-electron chi connectivity index (χ3n) is 5.18. The first kappa shape index (κ1) is 18.2. The van der Waals surface area contributed by atoms with Gasteiger partial charge in [-0.1, -0.05) is 12.1 Å². The molecule has 1 fully saturated rings. The number of benzene rings is 1. The van der Waals surface area contributed by atoms with Crippen LogP contribution >= 0.6 is 0 Å². The van der Waals surface area contributed by atoms with Crippen LogP contribution in [0.5, 0.6) is 5.75 Å². The summed E-state index contributed by atoms with van der Waals surface area (Å²) in [5, 5.41) is 3.29. The van der Waals surface area contributed by atoms with Crippen LogP contribution in [0.4, 0.5) is 10.2 Å². The van der Waals surface area contributed by atoms with Crippen molar-refractivity contribution in [2.24, 2.45) is 0 Å². The fraction of sp³-hybridized carbons (Fsp3) is 0.524. The minimum absolute atomic E-state index is 0.184. The minimum atomic E-state index is -0.406. The molecular weight excluding hydrogens is 345 g/mol. The number of fused-ring (bicyclic) bond motifs is 6. The van der Waals surface area contributed by atoms with E-state index in [1.54, 1.807) is 0 Å². The van der Waals surface area contributed by atoms with E-state index in [0.29, 0.717) is 24.7 Å². The number of nitrogens with zero attached hydrogens (tertiary/aromatic N) is 2. The van der Waals surface area contributed by atoms with Crippen LogP contribution in [-0.2, 0) is 11.2 Å². The van der Waals surface area contributed by atoms with Crippen molar-refractivity contribution in [2.45, 2.75) is 57.1 Å². The molecule has 0 radical (unpaired) electrons. The Hall–Kier alpha value is -2.21. The number of hydrogen-bond donors (Lipinski definition) is 1. The molecule has 2 atom stereocenters. The van der Waals surface area contributed by atoms with Gasteiger partial charge in [0.25, 0.3) is 0 Å². The highest BCUT2D eigenvalue weighted by Crippen LogP contribution is 2.25. The highest BCUT2D eigenvalue weighted by molar-refractivity contribution is 5.38. The summed E-state index contributed by atoms with van der Waals surface area (Å²) in [6, 6.07) is 8.12. The maximum atomic E-state index is 14.3. The first-order valence-electron chi connectivity index (χ1n) is 9.87. The lowest BCUT2D eigenvalue weighted by Gasteiger charge is -2.30. The second-order valence-corrected chi connectivity index (χ2v) is 7.36. The molecule has 1 aromatic carbocycles. The monoisotopic (exact) mass is 371 g/mol. The van der Waals surface area contributed by atoms with Crippen LogP contribution in [0.15, 0.2) is 30.5 Å². The van der Waals surface area contributed by atoms with Crippen molar-refractivity contribution in [3.8, 4) is 5.75 Å². The fourth-order valence-corrected chi connectivity index (χ4v) is 3.78. The van der Waals surface area contributed by atoms with E-state index in [0.717, 1.165) is 56.4 Å². The summed E-state index contributed by atoms with van der Waals surface area (Å²) in [5.41, 5.74) is 1.05. The van der Waals surface area contributed by atoms with Crippen molar-refractivity contribution >= 4 is 5.82 Å². The number of hydrogen-bond acceptors (Lipinski definition) is 5. The number of ether oxygens (including phenoxy) is 2. The van der Waals surface area contributed by atoms with E-state index in [-0.39, 0.29) is 12.1 Å². The zero-order valence-corrected chi connectivity index (χ0v) is 15.5. The number of aromatic nitrogens is 2. The molecule has 5 nitrogen and oxygen atoms in total. The smallest absolute Gasteiger partial charge is 0.183 e. The maximum absolute atomic E-state index is 14.3. The summed E-state index contributed by atoms with van der Waals surface area (Å²) >= 11 is 0. The number of anilines is 1. The Kier molecular flexibility index (Phi) is 5.82.